The number of hydrogen-bond acceptors (Lipinski definition) is 4. The van der Waals surface area contributed by atoms with E-state index in [1.807, 2.05) is 0 Å². The van der Waals surface area contributed by atoms with Gasteiger partial charge >= 0.3 is 0 Å². The van der Waals surface area contributed by atoms with Crippen molar-refractivity contribution in [3.63, 3.8) is 0 Å². The molecular formula is C22H26N2O4. The standard InChI is InChI=1S/C22H26N2O4/c25-20(23-11-10-15-5-2-1-3-6-15)16-8-9-18-19(13-16)22(27)24(21(18)26)14-17-7-4-12-28-17/h5,8-9,13,17H,1-4,6-7,10-12,14H2,(H,23,25). The molecule has 3 amide bonds. The van der Waals surface area contributed by atoms with Crippen molar-refractivity contribution in [3.8, 4) is 0 Å². The Morgan fingerprint density at radius 3 is 2.75 bits per heavy atom. The first-order chi connectivity index (χ1) is 13.6. The predicted octanol–water partition coefficient (Wildman–Crippen LogP) is 3.08. The Kier molecular flexibility index (Phi) is 5.57. The van der Waals surface area contributed by atoms with Crippen LogP contribution in [0.3, 0.4) is 0 Å². The molecule has 2 aliphatic heterocycles. The number of fused-ring (bicyclic) bond motifs is 1. The second-order valence-corrected chi connectivity index (χ2v) is 7.73. The van der Waals surface area contributed by atoms with Crippen molar-refractivity contribution in [2.24, 2.45) is 0 Å². The molecule has 2 heterocycles. The molecule has 148 valence electrons. The van der Waals surface area contributed by atoms with Gasteiger partial charge in [-0.3, -0.25) is 19.3 Å². The summed E-state index contributed by atoms with van der Waals surface area (Å²) in [5, 5.41) is 2.92. The summed E-state index contributed by atoms with van der Waals surface area (Å²) >= 11 is 0. The molecule has 1 aliphatic carbocycles. The highest BCUT2D eigenvalue weighted by molar-refractivity contribution is 6.22. The highest BCUT2D eigenvalue weighted by Crippen LogP contribution is 2.26. The van der Waals surface area contributed by atoms with Crippen LogP contribution in [0, 0.1) is 0 Å². The van der Waals surface area contributed by atoms with E-state index >= 15 is 0 Å². The Morgan fingerprint density at radius 1 is 1.14 bits per heavy atom. The van der Waals surface area contributed by atoms with Crippen LogP contribution in [0.15, 0.2) is 29.8 Å². The molecule has 6 nitrogen and oxygen atoms in total. The minimum Gasteiger partial charge on any atom is -0.376 e. The summed E-state index contributed by atoms with van der Waals surface area (Å²) in [7, 11) is 0. The lowest BCUT2D eigenvalue weighted by atomic mass is 9.97. The van der Waals surface area contributed by atoms with Crippen molar-refractivity contribution >= 4 is 17.7 Å². The summed E-state index contributed by atoms with van der Waals surface area (Å²) in [5.41, 5.74) is 2.50. The number of carbonyl (C=O) groups excluding carboxylic acids is 3. The number of allylic oxidation sites excluding steroid dienone is 1. The molecule has 1 saturated heterocycles. The van der Waals surface area contributed by atoms with Gasteiger partial charge in [0.15, 0.2) is 0 Å². The first-order valence-corrected chi connectivity index (χ1v) is 10.2. The molecule has 0 spiro atoms. The number of carbonyl (C=O) groups is 3. The fourth-order valence-corrected chi connectivity index (χ4v) is 4.16. The molecule has 0 saturated carbocycles. The van der Waals surface area contributed by atoms with Gasteiger partial charge in [-0.1, -0.05) is 11.6 Å². The average Bonchev–Trinajstić information content (AvgIpc) is 3.32. The third-order valence-electron chi connectivity index (χ3n) is 5.76. The van der Waals surface area contributed by atoms with Crippen LogP contribution in [-0.2, 0) is 4.74 Å². The second kappa shape index (κ2) is 8.27. The first-order valence-electron chi connectivity index (χ1n) is 10.2. The van der Waals surface area contributed by atoms with Crippen molar-refractivity contribution in [1.29, 1.82) is 0 Å². The molecule has 1 fully saturated rings. The third-order valence-corrected chi connectivity index (χ3v) is 5.76. The lowest BCUT2D eigenvalue weighted by molar-refractivity contribution is 0.0475. The van der Waals surface area contributed by atoms with Crippen molar-refractivity contribution in [1.82, 2.24) is 10.2 Å². The van der Waals surface area contributed by atoms with E-state index in [0.717, 1.165) is 32.1 Å². The van der Waals surface area contributed by atoms with Gasteiger partial charge in [-0.25, -0.2) is 0 Å². The molecule has 1 unspecified atom stereocenters. The smallest absolute Gasteiger partial charge is 0.261 e. The minimum absolute atomic E-state index is 0.0842. The Labute approximate surface area is 164 Å². The zero-order chi connectivity index (χ0) is 19.5. The molecule has 28 heavy (non-hydrogen) atoms. The van der Waals surface area contributed by atoms with Gasteiger partial charge in [-0.2, -0.15) is 0 Å². The highest BCUT2D eigenvalue weighted by atomic mass is 16.5. The summed E-state index contributed by atoms with van der Waals surface area (Å²) in [6, 6.07) is 4.75. The SMILES string of the molecule is O=C(NCCC1=CCCCC1)c1ccc2c(c1)C(=O)N(CC1CCCO1)C2=O. The Morgan fingerprint density at radius 2 is 2.00 bits per heavy atom. The highest BCUT2D eigenvalue weighted by Gasteiger charge is 2.37. The Balaban J connectivity index is 1.39. The predicted molar refractivity (Wildman–Crippen MR) is 104 cm³/mol. The van der Waals surface area contributed by atoms with Gasteiger partial charge in [0.25, 0.3) is 17.7 Å². The van der Waals surface area contributed by atoms with Gasteiger partial charge in [-0.05, 0) is 63.1 Å². The number of nitrogens with one attached hydrogen (secondary N) is 1. The van der Waals surface area contributed by atoms with Gasteiger partial charge in [0.1, 0.15) is 0 Å². The van der Waals surface area contributed by atoms with Gasteiger partial charge in [0.05, 0.1) is 23.8 Å². The Bertz CT molecular complexity index is 824. The minimum atomic E-state index is -0.336. The quantitative estimate of drug-likeness (QED) is 0.606. The molecule has 0 radical (unpaired) electrons. The number of hydrogen-bond donors (Lipinski definition) is 1. The van der Waals surface area contributed by atoms with Gasteiger partial charge in [-0.15, -0.1) is 0 Å². The normalized spacial score (nSPS) is 21.6. The largest absolute Gasteiger partial charge is 0.376 e. The van der Waals surface area contributed by atoms with Gasteiger partial charge < -0.3 is 10.1 Å². The second-order valence-electron chi connectivity index (χ2n) is 7.73. The number of rotatable bonds is 6. The molecule has 1 N–H and O–H groups in total. The molecule has 6 heteroatoms. The maximum Gasteiger partial charge on any atom is 0.261 e. The third kappa shape index (κ3) is 3.87. The van der Waals surface area contributed by atoms with Crippen LogP contribution in [0.5, 0.6) is 0 Å². The van der Waals surface area contributed by atoms with Gasteiger partial charge in [0.2, 0.25) is 0 Å². The van der Waals surface area contributed by atoms with Crippen LogP contribution in [0.4, 0.5) is 0 Å². The van der Waals surface area contributed by atoms with E-state index in [2.05, 4.69) is 11.4 Å². The van der Waals surface area contributed by atoms with Crippen LogP contribution < -0.4 is 5.32 Å². The molecule has 1 aromatic carbocycles. The van der Waals surface area contributed by atoms with E-state index in [0.29, 0.717) is 29.8 Å². The first kappa shape index (κ1) is 18.9. The van der Waals surface area contributed by atoms with E-state index in [-0.39, 0.29) is 30.4 Å². The van der Waals surface area contributed by atoms with Crippen molar-refractivity contribution in [3.05, 3.63) is 46.5 Å². The van der Waals surface area contributed by atoms with Crippen LogP contribution in [0.2, 0.25) is 0 Å². The molecule has 0 aromatic heterocycles. The number of imide groups is 1. The van der Waals surface area contributed by atoms with E-state index in [9.17, 15) is 14.4 Å². The van der Waals surface area contributed by atoms with Crippen LogP contribution in [-0.4, -0.2) is 48.4 Å². The maximum absolute atomic E-state index is 12.7. The van der Waals surface area contributed by atoms with E-state index in [1.54, 1.807) is 18.2 Å². The van der Waals surface area contributed by atoms with E-state index < -0.39 is 0 Å². The van der Waals surface area contributed by atoms with Crippen LogP contribution >= 0.6 is 0 Å². The number of benzene rings is 1. The van der Waals surface area contributed by atoms with E-state index in [4.69, 9.17) is 4.74 Å². The number of nitrogens with zero attached hydrogens (tertiary/aromatic N) is 1. The summed E-state index contributed by atoms with van der Waals surface area (Å²) in [6.45, 7) is 1.54. The summed E-state index contributed by atoms with van der Waals surface area (Å²) in [6.07, 6.45) is 9.59. The van der Waals surface area contributed by atoms with Crippen molar-refractivity contribution in [2.75, 3.05) is 19.7 Å². The summed E-state index contributed by atoms with van der Waals surface area (Å²) in [4.78, 5) is 39.0. The number of ether oxygens (including phenoxy) is 1. The maximum atomic E-state index is 12.7. The molecule has 4 rings (SSSR count). The van der Waals surface area contributed by atoms with Crippen molar-refractivity contribution in [2.45, 2.75) is 51.0 Å². The van der Waals surface area contributed by atoms with Crippen LogP contribution in [0.25, 0.3) is 0 Å². The molecule has 0 bridgehead atoms. The van der Waals surface area contributed by atoms with Crippen molar-refractivity contribution < 1.29 is 19.1 Å². The van der Waals surface area contributed by atoms with E-state index in [1.165, 1.54) is 23.3 Å². The zero-order valence-corrected chi connectivity index (χ0v) is 16.0. The average molecular weight is 382 g/mol. The fourth-order valence-electron chi connectivity index (χ4n) is 4.16. The zero-order valence-electron chi connectivity index (χ0n) is 16.0. The summed E-state index contributed by atoms with van der Waals surface area (Å²) < 4.78 is 5.55. The van der Waals surface area contributed by atoms with Gasteiger partial charge in [0, 0.05) is 18.7 Å². The lowest BCUT2D eigenvalue weighted by Crippen LogP contribution is -2.36. The molecule has 1 aromatic rings. The molecular weight excluding hydrogens is 356 g/mol. The Hall–Kier alpha value is -2.47. The monoisotopic (exact) mass is 382 g/mol. The molecule has 3 aliphatic rings. The topological polar surface area (TPSA) is 75.7 Å². The molecule has 1 atom stereocenters. The van der Waals surface area contributed by atoms with Crippen LogP contribution in [0.1, 0.15) is 76.0 Å². The number of amides is 3. The summed E-state index contributed by atoms with van der Waals surface area (Å²) in [5.74, 6) is -0.846. The lowest BCUT2D eigenvalue weighted by Gasteiger charge is -2.17. The fraction of sp³-hybridized carbons (Fsp3) is 0.500.